The fraction of sp³-hybridized carbons (Fsp3) is 0.500. The van der Waals surface area contributed by atoms with Crippen LogP contribution in [0, 0.1) is 5.82 Å². The maximum Gasteiger partial charge on any atom is 0.230 e. The van der Waals surface area contributed by atoms with Crippen molar-refractivity contribution in [3.8, 4) is 11.4 Å². The van der Waals surface area contributed by atoms with E-state index in [4.69, 9.17) is 4.74 Å². The zero-order chi connectivity index (χ0) is 19.1. The molecule has 9 heteroatoms. The van der Waals surface area contributed by atoms with Gasteiger partial charge in [0.05, 0.1) is 19.0 Å². The molecule has 0 atom stereocenters. The minimum Gasteiger partial charge on any atom is -0.379 e. The molecule has 1 aromatic heterocycles. The van der Waals surface area contributed by atoms with Crippen LogP contribution in [0.1, 0.15) is 6.92 Å². The summed E-state index contributed by atoms with van der Waals surface area (Å²) in [5.74, 6) is 0.645. The van der Waals surface area contributed by atoms with E-state index in [2.05, 4.69) is 20.4 Å². The third-order valence-corrected chi connectivity index (χ3v) is 5.24. The van der Waals surface area contributed by atoms with Gasteiger partial charge in [-0.3, -0.25) is 9.69 Å². The first-order valence-corrected chi connectivity index (χ1v) is 10.0. The quantitative estimate of drug-likeness (QED) is 0.688. The highest BCUT2D eigenvalue weighted by Crippen LogP contribution is 2.24. The molecule has 3 rings (SSSR count). The number of hydrogen-bond acceptors (Lipinski definition) is 6. The smallest absolute Gasteiger partial charge is 0.230 e. The molecule has 0 spiro atoms. The summed E-state index contributed by atoms with van der Waals surface area (Å²) < 4.78 is 20.7. The Morgan fingerprint density at radius 3 is 2.67 bits per heavy atom. The molecule has 1 amide bonds. The molecule has 1 aliphatic heterocycles. The van der Waals surface area contributed by atoms with Gasteiger partial charge in [0.2, 0.25) is 5.91 Å². The number of carbonyl (C=O) groups is 1. The largest absolute Gasteiger partial charge is 0.379 e. The Kier molecular flexibility index (Phi) is 7.19. The van der Waals surface area contributed by atoms with Gasteiger partial charge in [0.1, 0.15) is 5.82 Å². The Morgan fingerprint density at radius 1 is 1.22 bits per heavy atom. The molecule has 1 aliphatic rings. The molecule has 7 nitrogen and oxygen atoms in total. The summed E-state index contributed by atoms with van der Waals surface area (Å²) in [5, 5.41) is 12.0. The zero-order valence-corrected chi connectivity index (χ0v) is 16.2. The SMILES string of the molecule is CCNC(=O)CSc1nnc(-c2ccc(F)cc2)n1CCN1CCOCC1. The number of nitrogens with one attached hydrogen (secondary N) is 1. The minimum atomic E-state index is -0.288. The lowest BCUT2D eigenvalue weighted by molar-refractivity contribution is -0.118. The highest BCUT2D eigenvalue weighted by molar-refractivity contribution is 7.99. The molecule has 0 unspecified atom stereocenters. The van der Waals surface area contributed by atoms with E-state index in [1.54, 1.807) is 12.1 Å². The molecule has 1 fully saturated rings. The molecular weight excluding hydrogens is 369 g/mol. The lowest BCUT2D eigenvalue weighted by Gasteiger charge is -2.27. The fourth-order valence-corrected chi connectivity index (χ4v) is 3.65. The van der Waals surface area contributed by atoms with Gasteiger partial charge >= 0.3 is 0 Å². The molecule has 0 saturated carbocycles. The first-order valence-electron chi connectivity index (χ1n) is 9.06. The average molecular weight is 393 g/mol. The van der Waals surface area contributed by atoms with Crippen molar-refractivity contribution in [3.05, 3.63) is 30.1 Å². The molecule has 146 valence electrons. The summed E-state index contributed by atoms with van der Waals surface area (Å²) in [7, 11) is 0. The summed E-state index contributed by atoms with van der Waals surface area (Å²) in [6.45, 7) is 7.30. The maximum atomic E-state index is 13.3. The second-order valence-electron chi connectivity index (χ2n) is 6.16. The highest BCUT2D eigenvalue weighted by atomic mass is 32.2. The normalized spacial score (nSPS) is 15.0. The molecule has 1 aromatic carbocycles. The molecular formula is C18H24FN5O2S. The maximum absolute atomic E-state index is 13.3. The van der Waals surface area contributed by atoms with Gasteiger partial charge in [0.15, 0.2) is 11.0 Å². The Hall–Kier alpha value is -1.97. The number of aromatic nitrogens is 3. The van der Waals surface area contributed by atoms with Crippen molar-refractivity contribution in [2.24, 2.45) is 0 Å². The number of hydrogen-bond donors (Lipinski definition) is 1. The van der Waals surface area contributed by atoms with E-state index in [-0.39, 0.29) is 17.5 Å². The van der Waals surface area contributed by atoms with Crippen LogP contribution in [0.3, 0.4) is 0 Å². The van der Waals surface area contributed by atoms with Crippen LogP contribution >= 0.6 is 11.8 Å². The summed E-state index contributed by atoms with van der Waals surface area (Å²) in [5.41, 5.74) is 0.802. The van der Waals surface area contributed by atoms with Gasteiger partial charge < -0.3 is 14.6 Å². The van der Waals surface area contributed by atoms with Gasteiger partial charge in [-0.15, -0.1) is 10.2 Å². The first kappa shape index (κ1) is 19.8. The van der Waals surface area contributed by atoms with E-state index in [1.165, 1.54) is 23.9 Å². The van der Waals surface area contributed by atoms with Crippen molar-refractivity contribution < 1.29 is 13.9 Å². The van der Waals surface area contributed by atoms with Gasteiger partial charge in [-0.2, -0.15) is 0 Å². The lowest BCUT2D eigenvalue weighted by atomic mass is 10.2. The van der Waals surface area contributed by atoms with Crippen molar-refractivity contribution in [2.75, 3.05) is 45.1 Å². The van der Waals surface area contributed by atoms with Crippen LogP contribution < -0.4 is 5.32 Å². The number of amides is 1. The third kappa shape index (κ3) is 5.50. The van der Waals surface area contributed by atoms with E-state index in [0.29, 0.717) is 24.1 Å². The number of ether oxygens (including phenoxy) is 1. The monoisotopic (exact) mass is 393 g/mol. The number of morpholine rings is 1. The molecule has 0 bridgehead atoms. The summed E-state index contributed by atoms with van der Waals surface area (Å²) in [4.78, 5) is 14.1. The zero-order valence-electron chi connectivity index (χ0n) is 15.4. The van der Waals surface area contributed by atoms with Crippen LogP contribution in [0.2, 0.25) is 0 Å². The Morgan fingerprint density at radius 2 is 1.96 bits per heavy atom. The van der Waals surface area contributed by atoms with Gasteiger partial charge in [-0.25, -0.2) is 4.39 Å². The van der Waals surface area contributed by atoms with Crippen molar-refractivity contribution in [3.63, 3.8) is 0 Å². The summed E-state index contributed by atoms with van der Waals surface area (Å²) in [6, 6.07) is 6.22. The molecule has 1 saturated heterocycles. The number of carbonyl (C=O) groups excluding carboxylic acids is 1. The number of rotatable bonds is 8. The van der Waals surface area contributed by atoms with Crippen molar-refractivity contribution in [1.29, 1.82) is 0 Å². The topological polar surface area (TPSA) is 72.3 Å². The van der Waals surface area contributed by atoms with E-state index in [0.717, 1.165) is 38.4 Å². The van der Waals surface area contributed by atoms with Crippen LogP contribution in [0.25, 0.3) is 11.4 Å². The van der Waals surface area contributed by atoms with Gasteiger partial charge in [0, 0.05) is 38.3 Å². The van der Waals surface area contributed by atoms with Crippen LogP contribution in [0.15, 0.2) is 29.4 Å². The van der Waals surface area contributed by atoms with Crippen molar-refractivity contribution >= 4 is 17.7 Å². The van der Waals surface area contributed by atoms with Crippen LogP contribution in [-0.4, -0.2) is 70.7 Å². The van der Waals surface area contributed by atoms with E-state index < -0.39 is 0 Å². The average Bonchev–Trinajstić information content (AvgIpc) is 3.09. The predicted molar refractivity (Wildman–Crippen MR) is 102 cm³/mol. The fourth-order valence-electron chi connectivity index (χ4n) is 2.85. The van der Waals surface area contributed by atoms with Crippen LogP contribution in [-0.2, 0) is 16.1 Å². The van der Waals surface area contributed by atoms with Gasteiger partial charge in [-0.05, 0) is 31.2 Å². The van der Waals surface area contributed by atoms with Gasteiger partial charge in [0.25, 0.3) is 0 Å². The van der Waals surface area contributed by atoms with Crippen molar-refractivity contribution in [2.45, 2.75) is 18.6 Å². The van der Waals surface area contributed by atoms with Crippen molar-refractivity contribution in [1.82, 2.24) is 25.0 Å². The first-order chi connectivity index (χ1) is 13.2. The minimum absolute atomic E-state index is 0.0337. The standard InChI is InChI=1S/C18H24FN5O2S/c1-2-20-16(25)13-27-18-22-21-17(14-3-5-15(19)6-4-14)24(18)8-7-23-9-11-26-12-10-23/h3-6H,2,7-13H2,1H3,(H,20,25). The highest BCUT2D eigenvalue weighted by Gasteiger charge is 2.17. The Bertz CT molecular complexity index is 747. The van der Waals surface area contributed by atoms with Crippen LogP contribution in [0.5, 0.6) is 0 Å². The van der Waals surface area contributed by atoms with Crippen LogP contribution in [0.4, 0.5) is 4.39 Å². The van der Waals surface area contributed by atoms with E-state index in [1.807, 2.05) is 11.5 Å². The Balaban J connectivity index is 1.77. The Labute approximate surface area is 162 Å². The summed E-state index contributed by atoms with van der Waals surface area (Å²) >= 11 is 1.36. The number of benzene rings is 1. The number of nitrogens with zero attached hydrogens (tertiary/aromatic N) is 4. The third-order valence-electron chi connectivity index (χ3n) is 4.27. The molecule has 2 heterocycles. The predicted octanol–water partition coefficient (Wildman–Crippen LogP) is 1.64. The molecule has 0 radical (unpaired) electrons. The van der Waals surface area contributed by atoms with Gasteiger partial charge in [-0.1, -0.05) is 11.8 Å². The van der Waals surface area contributed by atoms with E-state index in [9.17, 15) is 9.18 Å². The van der Waals surface area contributed by atoms with E-state index >= 15 is 0 Å². The second kappa shape index (κ2) is 9.82. The molecule has 1 N–H and O–H groups in total. The summed E-state index contributed by atoms with van der Waals surface area (Å²) in [6.07, 6.45) is 0. The molecule has 2 aromatic rings. The molecule has 27 heavy (non-hydrogen) atoms. The number of halogens is 1. The lowest BCUT2D eigenvalue weighted by Crippen LogP contribution is -2.38. The number of thioether (sulfide) groups is 1. The molecule has 0 aliphatic carbocycles. The second-order valence-corrected chi connectivity index (χ2v) is 7.10.